The van der Waals surface area contributed by atoms with Crippen LogP contribution in [0.1, 0.15) is 59.8 Å². The molecule has 4 atom stereocenters. The Morgan fingerprint density at radius 1 is 0.944 bits per heavy atom. The first-order valence-corrected chi connectivity index (χ1v) is 11.3. The lowest BCUT2D eigenvalue weighted by atomic mass is 9.79. The van der Waals surface area contributed by atoms with Crippen molar-refractivity contribution in [3.05, 3.63) is 24.3 Å². The number of carboxylic acids is 1. The lowest BCUT2D eigenvalue weighted by Crippen LogP contribution is -2.45. The van der Waals surface area contributed by atoms with Crippen molar-refractivity contribution >= 4 is 23.9 Å². The van der Waals surface area contributed by atoms with Gasteiger partial charge in [-0.25, -0.2) is 9.59 Å². The molecule has 0 amide bonds. The number of hydrogen-bond acceptors (Lipinski definition) is 8. The number of ether oxygens (including phenoxy) is 3. The van der Waals surface area contributed by atoms with E-state index in [2.05, 4.69) is 17.9 Å². The maximum Gasteiger partial charge on any atom is 0.417 e. The highest BCUT2D eigenvalue weighted by atomic mass is 19.4. The summed E-state index contributed by atoms with van der Waals surface area (Å²) in [6.45, 7) is 11.4. The quantitative estimate of drug-likeness (QED) is 0.190. The number of carbonyl (C=O) groups is 4. The van der Waals surface area contributed by atoms with Gasteiger partial charge in [0.15, 0.2) is 5.60 Å². The molecule has 1 rings (SSSR count). The summed E-state index contributed by atoms with van der Waals surface area (Å²) in [6.07, 6.45) is -3.83. The molecule has 1 fully saturated rings. The molecule has 0 aliphatic heterocycles. The van der Waals surface area contributed by atoms with E-state index in [0.29, 0.717) is 19.8 Å². The molecule has 36 heavy (non-hydrogen) atoms. The summed E-state index contributed by atoms with van der Waals surface area (Å²) in [5.74, 6) is -4.07. The second-order valence-electron chi connectivity index (χ2n) is 8.89. The van der Waals surface area contributed by atoms with Gasteiger partial charge < -0.3 is 24.4 Å². The minimum absolute atomic E-state index is 0.0537. The Balaban J connectivity index is 0.000000700. The second kappa shape index (κ2) is 14.6. The third-order valence-electron chi connectivity index (χ3n) is 5.25. The summed E-state index contributed by atoms with van der Waals surface area (Å²) in [6, 6.07) is 0. The van der Waals surface area contributed by atoms with Gasteiger partial charge in [0.05, 0.1) is 11.8 Å². The maximum absolute atomic E-state index is 12.3. The summed E-state index contributed by atoms with van der Waals surface area (Å²) in [5.41, 5.74) is -2.50. The third-order valence-corrected chi connectivity index (χ3v) is 5.25. The van der Waals surface area contributed by atoms with Crippen LogP contribution in [-0.4, -0.2) is 65.2 Å². The van der Waals surface area contributed by atoms with Gasteiger partial charge in [0.25, 0.3) is 0 Å². The molecule has 9 nitrogen and oxygen atoms in total. The third kappa shape index (κ3) is 11.7. The lowest BCUT2D eigenvalue weighted by Gasteiger charge is -2.28. The zero-order valence-electron chi connectivity index (χ0n) is 21.0. The predicted octanol–water partition coefficient (Wildman–Crippen LogP) is 3.74. The standard InChI is InChI=1S/C14H20O6.C10H15F3O3/c1-9(2)13(17)19-7-8-20-14(18)11-6-4-3-5-10(11)12(15)16;1-6(2)8(14)16-7(3)5-9(4,15)10(11,12)13/h10-11H,1,3-8H2,2H3,(H,15,16);7,15H,1,5H2,2-4H3. The number of alkyl halides is 3. The number of carboxylic acid groups (broad SMARTS) is 1. The fourth-order valence-corrected chi connectivity index (χ4v) is 3.22. The van der Waals surface area contributed by atoms with Crippen LogP contribution in [0.4, 0.5) is 13.2 Å². The zero-order chi connectivity index (χ0) is 28.3. The van der Waals surface area contributed by atoms with Gasteiger partial charge in [-0.15, -0.1) is 0 Å². The van der Waals surface area contributed by atoms with Crippen LogP contribution < -0.4 is 0 Å². The zero-order valence-corrected chi connectivity index (χ0v) is 21.0. The van der Waals surface area contributed by atoms with Gasteiger partial charge in [-0.05, 0) is 40.5 Å². The van der Waals surface area contributed by atoms with Crippen molar-refractivity contribution in [2.24, 2.45) is 11.8 Å². The molecule has 0 bridgehead atoms. The van der Waals surface area contributed by atoms with Crippen LogP contribution in [0, 0.1) is 11.8 Å². The van der Waals surface area contributed by atoms with Gasteiger partial charge in [-0.3, -0.25) is 9.59 Å². The average molecular weight is 525 g/mol. The topological polar surface area (TPSA) is 136 Å². The lowest BCUT2D eigenvalue weighted by molar-refractivity contribution is -0.261. The van der Waals surface area contributed by atoms with E-state index in [-0.39, 0.29) is 24.4 Å². The Labute approximate surface area is 208 Å². The normalized spacial score (nSPS) is 19.9. The van der Waals surface area contributed by atoms with Crippen molar-refractivity contribution in [1.82, 2.24) is 0 Å². The first kappa shape index (κ1) is 33.1. The van der Waals surface area contributed by atoms with Crippen LogP contribution in [0.5, 0.6) is 0 Å². The van der Waals surface area contributed by atoms with E-state index in [4.69, 9.17) is 19.7 Å². The smallest absolute Gasteiger partial charge is 0.417 e. The average Bonchev–Trinajstić information content (AvgIpc) is 2.75. The van der Waals surface area contributed by atoms with Crippen LogP contribution in [0.3, 0.4) is 0 Å². The monoisotopic (exact) mass is 524 g/mol. The van der Waals surface area contributed by atoms with Crippen LogP contribution in [0.2, 0.25) is 0 Å². The molecular formula is C24H35F3O9. The van der Waals surface area contributed by atoms with E-state index in [1.165, 1.54) is 20.8 Å². The maximum atomic E-state index is 12.3. The largest absolute Gasteiger partial charge is 0.481 e. The highest BCUT2D eigenvalue weighted by Gasteiger charge is 2.50. The molecule has 0 radical (unpaired) electrons. The number of esters is 3. The molecule has 1 saturated carbocycles. The number of aliphatic hydroxyl groups is 1. The summed E-state index contributed by atoms with van der Waals surface area (Å²) in [4.78, 5) is 45.0. The number of halogens is 3. The molecule has 0 saturated heterocycles. The molecule has 2 N–H and O–H groups in total. The molecule has 206 valence electrons. The molecule has 1 aliphatic rings. The number of rotatable bonds is 10. The first-order valence-electron chi connectivity index (χ1n) is 11.3. The minimum Gasteiger partial charge on any atom is -0.481 e. The van der Waals surface area contributed by atoms with E-state index in [9.17, 15) is 32.3 Å². The summed E-state index contributed by atoms with van der Waals surface area (Å²) < 4.78 is 51.3. The van der Waals surface area contributed by atoms with Crippen LogP contribution in [-0.2, 0) is 33.4 Å². The molecule has 1 aliphatic carbocycles. The molecule has 0 aromatic carbocycles. The Hall–Kier alpha value is -2.89. The second-order valence-corrected chi connectivity index (χ2v) is 8.89. The Kier molecular flexibility index (Phi) is 13.4. The van der Waals surface area contributed by atoms with Gasteiger partial charge in [0, 0.05) is 17.6 Å². The molecule has 0 aromatic heterocycles. The fraction of sp³-hybridized carbons (Fsp3) is 0.667. The molecule has 0 spiro atoms. The van der Waals surface area contributed by atoms with Gasteiger partial charge in [-0.2, -0.15) is 13.2 Å². The van der Waals surface area contributed by atoms with Crippen LogP contribution in [0.25, 0.3) is 0 Å². The van der Waals surface area contributed by atoms with Crippen LogP contribution >= 0.6 is 0 Å². The van der Waals surface area contributed by atoms with E-state index in [1.807, 2.05) is 0 Å². The summed E-state index contributed by atoms with van der Waals surface area (Å²) in [7, 11) is 0. The van der Waals surface area contributed by atoms with E-state index < -0.39 is 60.0 Å². The van der Waals surface area contributed by atoms with E-state index in [0.717, 1.165) is 12.8 Å². The van der Waals surface area contributed by atoms with Crippen molar-refractivity contribution in [3.8, 4) is 0 Å². The van der Waals surface area contributed by atoms with Gasteiger partial charge >= 0.3 is 30.1 Å². The van der Waals surface area contributed by atoms with Crippen molar-refractivity contribution in [1.29, 1.82) is 0 Å². The molecule has 12 heteroatoms. The Morgan fingerprint density at radius 3 is 1.86 bits per heavy atom. The molecule has 0 aromatic rings. The molecular weight excluding hydrogens is 489 g/mol. The first-order chi connectivity index (χ1) is 16.4. The number of carbonyl (C=O) groups excluding carboxylic acids is 3. The van der Waals surface area contributed by atoms with Crippen molar-refractivity contribution < 1.29 is 56.8 Å². The highest BCUT2D eigenvalue weighted by molar-refractivity contribution is 5.87. The Morgan fingerprint density at radius 2 is 1.42 bits per heavy atom. The fourth-order valence-electron chi connectivity index (χ4n) is 3.22. The Bertz CT molecular complexity index is 818. The van der Waals surface area contributed by atoms with E-state index in [1.54, 1.807) is 0 Å². The molecule has 4 unspecified atom stereocenters. The number of hydrogen-bond donors (Lipinski definition) is 2. The van der Waals surface area contributed by atoms with Crippen molar-refractivity contribution in [2.75, 3.05) is 13.2 Å². The van der Waals surface area contributed by atoms with Crippen molar-refractivity contribution in [3.63, 3.8) is 0 Å². The minimum atomic E-state index is -4.75. The van der Waals surface area contributed by atoms with Crippen molar-refractivity contribution in [2.45, 2.75) is 77.7 Å². The predicted molar refractivity (Wildman–Crippen MR) is 121 cm³/mol. The van der Waals surface area contributed by atoms with E-state index >= 15 is 0 Å². The summed E-state index contributed by atoms with van der Waals surface area (Å²) >= 11 is 0. The number of aliphatic carboxylic acids is 1. The van der Waals surface area contributed by atoms with Gasteiger partial charge in [-0.1, -0.05) is 26.0 Å². The van der Waals surface area contributed by atoms with Gasteiger partial charge in [0.1, 0.15) is 19.3 Å². The highest BCUT2D eigenvalue weighted by Crippen LogP contribution is 2.34. The summed E-state index contributed by atoms with van der Waals surface area (Å²) in [5, 5.41) is 18.2. The molecule has 0 heterocycles. The van der Waals surface area contributed by atoms with Gasteiger partial charge in [0.2, 0.25) is 0 Å². The van der Waals surface area contributed by atoms with Crippen LogP contribution in [0.15, 0.2) is 24.3 Å². The SMILES string of the molecule is C=C(C)C(=O)OC(C)CC(C)(O)C(F)(F)F.C=C(C)C(=O)OCCOC(=O)C1CCCCC1C(=O)O.